The molecule has 1 aromatic heterocycles. The van der Waals surface area contributed by atoms with Gasteiger partial charge in [-0.1, -0.05) is 6.07 Å². The van der Waals surface area contributed by atoms with E-state index in [0.29, 0.717) is 6.07 Å². The van der Waals surface area contributed by atoms with Crippen molar-refractivity contribution in [2.24, 2.45) is 0 Å². The third kappa shape index (κ3) is 4.32. The van der Waals surface area contributed by atoms with Gasteiger partial charge in [0.05, 0.1) is 18.2 Å². The fourth-order valence-corrected chi connectivity index (χ4v) is 4.09. The quantitative estimate of drug-likeness (QED) is 0.544. The van der Waals surface area contributed by atoms with Gasteiger partial charge in [-0.05, 0) is 37.3 Å². The molecule has 180 valence electrons. The lowest BCUT2D eigenvalue weighted by molar-refractivity contribution is -0.137. The Morgan fingerprint density at radius 2 is 1.79 bits per heavy atom. The number of carbonyl (C=O) groups is 1. The Morgan fingerprint density at radius 1 is 1.09 bits per heavy atom. The summed E-state index contributed by atoms with van der Waals surface area (Å²) in [5, 5.41) is 15.6. The maximum absolute atomic E-state index is 14.7. The number of nitrogens with zero attached hydrogens (tertiary/aromatic N) is 5. The van der Waals surface area contributed by atoms with E-state index in [1.54, 1.807) is 0 Å². The van der Waals surface area contributed by atoms with E-state index in [2.05, 4.69) is 10.1 Å². The first-order valence-electron chi connectivity index (χ1n) is 10.3. The third-order valence-corrected chi connectivity index (χ3v) is 5.97. The van der Waals surface area contributed by atoms with Crippen LogP contribution >= 0.6 is 0 Å². The molecule has 4 rings (SSSR count). The molecule has 2 aromatic carbocycles. The first-order chi connectivity index (χ1) is 16.0. The van der Waals surface area contributed by atoms with Gasteiger partial charge in [-0.3, -0.25) is 4.90 Å². The van der Waals surface area contributed by atoms with E-state index in [4.69, 9.17) is 0 Å². The van der Waals surface area contributed by atoms with Crippen molar-refractivity contribution < 1.29 is 31.9 Å². The number of aliphatic hydroxyl groups is 1. The number of amides is 2. The highest BCUT2D eigenvalue weighted by Gasteiger charge is 2.46. The van der Waals surface area contributed by atoms with Crippen LogP contribution in [0.4, 0.5) is 32.4 Å². The molecule has 0 bridgehead atoms. The Kier molecular flexibility index (Phi) is 6.02. The van der Waals surface area contributed by atoms with Crippen molar-refractivity contribution in [1.29, 1.82) is 0 Å². The van der Waals surface area contributed by atoms with Crippen LogP contribution < -0.4 is 4.90 Å². The summed E-state index contributed by atoms with van der Waals surface area (Å²) in [6, 6.07) is 5.27. The van der Waals surface area contributed by atoms with Crippen LogP contribution in [0.2, 0.25) is 0 Å². The van der Waals surface area contributed by atoms with Crippen molar-refractivity contribution in [3.63, 3.8) is 0 Å². The highest BCUT2D eigenvalue weighted by molar-refractivity contribution is 5.94. The Morgan fingerprint density at radius 3 is 2.38 bits per heavy atom. The number of hydrogen-bond acceptors (Lipinski definition) is 4. The molecule has 0 saturated carbocycles. The van der Waals surface area contributed by atoms with Crippen molar-refractivity contribution >= 4 is 11.7 Å². The summed E-state index contributed by atoms with van der Waals surface area (Å²) in [5.41, 5.74) is -2.86. The average Bonchev–Trinajstić information content (AvgIpc) is 3.42. The van der Waals surface area contributed by atoms with Crippen LogP contribution in [0.15, 0.2) is 55.1 Å². The van der Waals surface area contributed by atoms with Crippen molar-refractivity contribution in [3.05, 3.63) is 77.9 Å². The Balaban J connectivity index is 1.64. The standard InChI is InChI=1S/C22H20F5N5O2/c1-14(21(34,11-30-13-28-12-29-30)18-7-4-16(23)10-19(18)24)31-8-9-32(20(31)33)17-5-2-15(3-6-17)22(25,26)27/h2-7,10,12-14,34H,8-9,11H2,1H3/t14-,21?/m1/s1. The van der Waals surface area contributed by atoms with Crippen molar-refractivity contribution in [2.75, 3.05) is 18.0 Å². The molecular weight excluding hydrogens is 461 g/mol. The molecule has 0 radical (unpaired) electrons. The van der Waals surface area contributed by atoms with Gasteiger partial charge in [0.25, 0.3) is 0 Å². The molecule has 1 fully saturated rings. The second-order valence-corrected chi connectivity index (χ2v) is 7.99. The smallest absolute Gasteiger partial charge is 0.381 e. The minimum Gasteiger partial charge on any atom is -0.381 e. The Hall–Kier alpha value is -3.54. The van der Waals surface area contributed by atoms with Crippen LogP contribution in [0.25, 0.3) is 0 Å². The van der Waals surface area contributed by atoms with Gasteiger partial charge < -0.3 is 10.0 Å². The fraction of sp³-hybridized carbons (Fsp3) is 0.318. The average molecular weight is 481 g/mol. The number of anilines is 1. The van der Waals surface area contributed by atoms with E-state index in [-0.39, 0.29) is 30.9 Å². The maximum Gasteiger partial charge on any atom is 0.416 e. The molecule has 1 saturated heterocycles. The third-order valence-electron chi connectivity index (χ3n) is 5.97. The Bertz CT molecular complexity index is 1170. The normalized spacial score (nSPS) is 17.2. The van der Waals surface area contributed by atoms with Gasteiger partial charge in [0, 0.05) is 30.4 Å². The molecule has 2 atom stereocenters. The molecule has 0 aliphatic carbocycles. The number of alkyl halides is 3. The molecule has 34 heavy (non-hydrogen) atoms. The summed E-state index contributed by atoms with van der Waals surface area (Å²) < 4.78 is 68.1. The SMILES string of the molecule is C[C@@H](N1CCN(c2ccc(C(F)(F)F)cc2)C1=O)C(O)(Cn1cncn1)c1ccc(F)cc1F. The second-order valence-electron chi connectivity index (χ2n) is 7.99. The molecule has 7 nitrogen and oxygen atoms in total. The first-order valence-corrected chi connectivity index (χ1v) is 10.3. The van der Waals surface area contributed by atoms with Crippen molar-refractivity contribution in [2.45, 2.75) is 31.3 Å². The molecule has 2 amide bonds. The number of rotatable bonds is 6. The lowest BCUT2D eigenvalue weighted by Gasteiger charge is -2.39. The number of urea groups is 1. The molecule has 2 heterocycles. The molecule has 3 aromatic rings. The molecule has 1 N–H and O–H groups in total. The number of halogens is 5. The predicted octanol–water partition coefficient (Wildman–Crippen LogP) is 3.79. The van der Waals surface area contributed by atoms with Crippen LogP contribution in [0.1, 0.15) is 18.1 Å². The summed E-state index contributed by atoms with van der Waals surface area (Å²) in [6.45, 7) is 1.47. The molecule has 12 heteroatoms. The van der Waals surface area contributed by atoms with E-state index in [9.17, 15) is 31.9 Å². The molecule has 1 aliphatic rings. The highest BCUT2D eigenvalue weighted by atomic mass is 19.4. The number of hydrogen-bond donors (Lipinski definition) is 1. The van der Waals surface area contributed by atoms with Crippen LogP contribution in [-0.4, -0.2) is 49.9 Å². The summed E-state index contributed by atoms with van der Waals surface area (Å²) in [7, 11) is 0. The van der Waals surface area contributed by atoms with E-state index in [0.717, 1.165) is 24.3 Å². The molecule has 1 aliphatic heterocycles. The van der Waals surface area contributed by atoms with Gasteiger partial charge in [-0.15, -0.1) is 0 Å². The van der Waals surface area contributed by atoms with Gasteiger partial charge in [-0.2, -0.15) is 18.3 Å². The fourth-order valence-electron chi connectivity index (χ4n) is 4.09. The van der Waals surface area contributed by atoms with Crippen LogP contribution in [0.5, 0.6) is 0 Å². The van der Waals surface area contributed by atoms with E-state index in [1.807, 2.05) is 0 Å². The largest absolute Gasteiger partial charge is 0.416 e. The van der Waals surface area contributed by atoms with Crippen molar-refractivity contribution in [3.8, 4) is 0 Å². The zero-order valence-corrected chi connectivity index (χ0v) is 17.9. The number of aromatic nitrogens is 3. The molecule has 0 spiro atoms. The summed E-state index contributed by atoms with van der Waals surface area (Å²) in [4.78, 5) is 19.5. The van der Waals surface area contributed by atoms with Crippen LogP contribution in [0.3, 0.4) is 0 Å². The highest BCUT2D eigenvalue weighted by Crippen LogP contribution is 2.36. The first kappa shape index (κ1) is 23.6. The van der Waals surface area contributed by atoms with Crippen LogP contribution in [0, 0.1) is 11.6 Å². The predicted molar refractivity (Wildman–Crippen MR) is 111 cm³/mol. The summed E-state index contributed by atoms with van der Waals surface area (Å²) >= 11 is 0. The van der Waals surface area contributed by atoms with E-state index < -0.39 is 41.0 Å². The van der Waals surface area contributed by atoms with Crippen LogP contribution in [-0.2, 0) is 18.3 Å². The lowest BCUT2D eigenvalue weighted by atomic mass is 9.85. The number of carbonyl (C=O) groups excluding carboxylic acids is 1. The van der Waals surface area contributed by atoms with E-state index >= 15 is 0 Å². The van der Waals surface area contributed by atoms with Crippen molar-refractivity contribution in [1.82, 2.24) is 19.7 Å². The molecule has 1 unspecified atom stereocenters. The summed E-state index contributed by atoms with van der Waals surface area (Å²) in [5.74, 6) is -1.83. The Labute approximate surface area is 191 Å². The zero-order chi connectivity index (χ0) is 24.7. The summed E-state index contributed by atoms with van der Waals surface area (Å²) in [6.07, 6.45) is -1.98. The number of benzene rings is 2. The zero-order valence-electron chi connectivity index (χ0n) is 17.9. The van der Waals surface area contributed by atoms with E-state index in [1.165, 1.54) is 46.2 Å². The minimum absolute atomic E-state index is 0.115. The monoisotopic (exact) mass is 481 g/mol. The van der Waals surface area contributed by atoms with Gasteiger partial charge in [0.1, 0.15) is 29.9 Å². The lowest BCUT2D eigenvalue weighted by Crippen LogP contribution is -2.53. The second kappa shape index (κ2) is 8.67. The topological polar surface area (TPSA) is 74.5 Å². The van der Waals surface area contributed by atoms with Gasteiger partial charge >= 0.3 is 12.2 Å². The van der Waals surface area contributed by atoms with Gasteiger partial charge in [0.2, 0.25) is 0 Å². The molecular formula is C22H20F5N5O2. The van der Waals surface area contributed by atoms with Gasteiger partial charge in [0.15, 0.2) is 0 Å². The van der Waals surface area contributed by atoms with Gasteiger partial charge in [-0.25, -0.2) is 23.2 Å². The minimum atomic E-state index is -4.51. The maximum atomic E-state index is 14.7.